The summed E-state index contributed by atoms with van der Waals surface area (Å²) in [5.41, 5.74) is 0.785. The number of hydrogen-bond donors (Lipinski definition) is 1. The van der Waals surface area contributed by atoms with Crippen molar-refractivity contribution in [2.24, 2.45) is 5.92 Å². The van der Waals surface area contributed by atoms with Gasteiger partial charge in [-0.1, -0.05) is 37.3 Å². The van der Waals surface area contributed by atoms with Crippen LogP contribution in [0.25, 0.3) is 0 Å². The number of carbonyl (C=O) groups excluding carboxylic acids is 1. The maximum atomic E-state index is 11.7. The number of aryl methyl sites for hydroxylation is 1. The molecule has 0 aliphatic heterocycles. The lowest BCUT2D eigenvalue weighted by Gasteiger charge is -2.20. The fraction of sp³-hybridized carbons (Fsp3) is 0.692. The predicted molar refractivity (Wildman–Crippen MR) is 65.7 cm³/mol. The van der Waals surface area contributed by atoms with E-state index in [1.165, 1.54) is 32.1 Å². The third kappa shape index (κ3) is 3.88. The molecule has 0 spiro atoms. The molecule has 1 saturated carbocycles. The van der Waals surface area contributed by atoms with Gasteiger partial charge in [0.25, 0.3) is 0 Å². The molecule has 94 valence electrons. The van der Waals surface area contributed by atoms with Crippen LogP contribution in [0.2, 0.25) is 0 Å². The van der Waals surface area contributed by atoms with Crippen molar-refractivity contribution in [3.63, 3.8) is 0 Å². The Morgan fingerprint density at radius 1 is 1.47 bits per heavy atom. The number of nitrogens with one attached hydrogen (secondary N) is 1. The zero-order chi connectivity index (χ0) is 12.1. The molecule has 4 nitrogen and oxygen atoms in total. The van der Waals surface area contributed by atoms with Gasteiger partial charge < -0.3 is 4.52 Å². The van der Waals surface area contributed by atoms with Crippen molar-refractivity contribution in [3.8, 4) is 0 Å². The van der Waals surface area contributed by atoms with Crippen molar-refractivity contribution in [1.82, 2.24) is 5.16 Å². The van der Waals surface area contributed by atoms with E-state index in [0.717, 1.165) is 18.0 Å². The van der Waals surface area contributed by atoms with Crippen molar-refractivity contribution >= 4 is 11.8 Å². The van der Waals surface area contributed by atoms with Gasteiger partial charge in [-0.05, 0) is 19.3 Å². The second-order valence-corrected chi connectivity index (χ2v) is 4.92. The van der Waals surface area contributed by atoms with Gasteiger partial charge in [0.1, 0.15) is 0 Å². The molecule has 0 bridgehead atoms. The lowest BCUT2D eigenvalue weighted by Crippen LogP contribution is -2.14. The van der Waals surface area contributed by atoms with Crippen LogP contribution in [0.4, 0.5) is 5.88 Å². The minimum absolute atomic E-state index is 0.0340. The summed E-state index contributed by atoms with van der Waals surface area (Å²) in [6.45, 7) is 1.83. The molecule has 1 N–H and O–H groups in total. The molecular weight excluding hydrogens is 216 g/mol. The minimum Gasteiger partial charge on any atom is -0.338 e. The number of anilines is 1. The molecule has 0 aromatic carbocycles. The first-order valence-corrected chi connectivity index (χ1v) is 6.47. The molecule has 1 aliphatic carbocycles. The molecule has 2 rings (SSSR count). The summed E-state index contributed by atoms with van der Waals surface area (Å²) in [6.07, 6.45) is 8.17. The fourth-order valence-electron chi connectivity index (χ4n) is 2.43. The van der Waals surface area contributed by atoms with E-state index in [1.54, 1.807) is 6.07 Å². The lowest BCUT2D eigenvalue weighted by molar-refractivity contribution is -0.116. The molecule has 4 heteroatoms. The van der Waals surface area contributed by atoms with Crippen LogP contribution in [-0.4, -0.2) is 11.1 Å². The highest BCUT2D eigenvalue weighted by Gasteiger charge is 2.15. The topological polar surface area (TPSA) is 55.1 Å². The summed E-state index contributed by atoms with van der Waals surface area (Å²) in [5, 5.41) is 6.46. The Morgan fingerprint density at radius 2 is 2.24 bits per heavy atom. The Morgan fingerprint density at radius 3 is 2.88 bits per heavy atom. The number of nitrogens with zero attached hydrogens (tertiary/aromatic N) is 1. The Bertz CT molecular complexity index is 367. The molecule has 0 radical (unpaired) electrons. The zero-order valence-electron chi connectivity index (χ0n) is 10.4. The first-order valence-electron chi connectivity index (χ1n) is 6.47. The molecule has 1 aliphatic rings. The standard InChI is InChI=1S/C13H20N2O2/c1-10-9-13(17-15-10)14-12(16)8-7-11-5-3-2-4-6-11/h9,11H,2-8H2,1H3,(H,14,16). The van der Waals surface area contributed by atoms with E-state index in [4.69, 9.17) is 4.52 Å². The second kappa shape index (κ2) is 5.84. The number of carbonyl (C=O) groups is 1. The van der Waals surface area contributed by atoms with Gasteiger partial charge in [-0.25, -0.2) is 0 Å². The molecule has 1 aromatic heterocycles. The van der Waals surface area contributed by atoms with Gasteiger partial charge in [0.2, 0.25) is 11.8 Å². The van der Waals surface area contributed by atoms with Crippen molar-refractivity contribution < 1.29 is 9.32 Å². The van der Waals surface area contributed by atoms with Crippen LogP contribution in [0.3, 0.4) is 0 Å². The van der Waals surface area contributed by atoms with Crippen LogP contribution in [-0.2, 0) is 4.79 Å². The Balaban J connectivity index is 1.70. The molecular formula is C13H20N2O2. The van der Waals surface area contributed by atoms with Gasteiger partial charge in [-0.2, -0.15) is 0 Å². The maximum Gasteiger partial charge on any atom is 0.231 e. The van der Waals surface area contributed by atoms with Crippen molar-refractivity contribution in [1.29, 1.82) is 0 Å². The van der Waals surface area contributed by atoms with E-state index in [9.17, 15) is 4.79 Å². The summed E-state index contributed by atoms with van der Waals surface area (Å²) < 4.78 is 4.94. The molecule has 17 heavy (non-hydrogen) atoms. The van der Waals surface area contributed by atoms with Crippen LogP contribution in [0, 0.1) is 12.8 Å². The minimum atomic E-state index is 0.0340. The van der Waals surface area contributed by atoms with Crippen LogP contribution < -0.4 is 5.32 Å². The SMILES string of the molecule is Cc1cc(NC(=O)CCC2CCCCC2)on1. The summed E-state index contributed by atoms with van der Waals surface area (Å²) in [6, 6.07) is 1.73. The quantitative estimate of drug-likeness (QED) is 0.872. The molecule has 1 fully saturated rings. The molecule has 0 atom stereocenters. The molecule has 0 saturated heterocycles. The van der Waals surface area contributed by atoms with Crippen molar-refractivity contribution in [3.05, 3.63) is 11.8 Å². The average molecular weight is 236 g/mol. The first-order chi connectivity index (χ1) is 8.24. The number of amides is 1. The van der Waals surface area contributed by atoms with Crippen molar-refractivity contribution in [2.75, 3.05) is 5.32 Å². The van der Waals surface area contributed by atoms with Gasteiger partial charge in [0, 0.05) is 12.5 Å². The van der Waals surface area contributed by atoms with E-state index in [2.05, 4.69) is 10.5 Å². The molecule has 0 unspecified atom stereocenters. The third-order valence-corrected chi connectivity index (χ3v) is 3.39. The Kier molecular flexibility index (Phi) is 4.18. The summed E-state index contributed by atoms with van der Waals surface area (Å²) >= 11 is 0. The van der Waals surface area contributed by atoms with Crippen LogP contribution >= 0.6 is 0 Å². The lowest BCUT2D eigenvalue weighted by atomic mass is 9.86. The molecule has 1 amide bonds. The van der Waals surface area contributed by atoms with Crippen LogP contribution in [0.5, 0.6) is 0 Å². The highest BCUT2D eigenvalue weighted by atomic mass is 16.5. The first kappa shape index (κ1) is 12.1. The number of rotatable bonds is 4. The Hall–Kier alpha value is -1.32. The smallest absolute Gasteiger partial charge is 0.231 e. The third-order valence-electron chi connectivity index (χ3n) is 3.39. The summed E-state index contributed by atoms with van der Waals surface area (Å²) in [4.78, 5) is 11.7. The summed E-state index contributed by atoms with van der Waals surface area (Å²) in [5.74, 6) is 1.23. The second-order valence-electron chi connectivity index (χ2n) is 4.92. The average Bonchev–Trinajstić information content (AvgIpc) is 2.73. The highest BCUT2D eigenvalue weighted by Crippen LogP contribution is 2.27. The summed E-state index contributed by atoms with van der Waals surface area (Å²) in [7, 11) is 0. The zero-order valence-corrected chi connectivity index (χ0v) is 10.4. The fourth-order valence-corrected chi connectivity index (χ4v) is 2.43. The van der Waals surface area contributed by atoms with Gasteiger partial charge in [0.05, 0.1) is 5.69 Å². The monoisotopic (exact) mass is 236 g/mol. The van der Waals surface area contributed by atoms with E-state index in [1.807, 2.05) is 6.92 Å². The van der Waals surface area contributed by atoms with E-state index >= 15 is 0 Å². The number of aromatic nitrogens is 1. The number of hydrogen-bond acceptors (Lipinski definition) is 3. The largest absolute Gasteiger partial charge is 0.338 e. The van der Waals surface area contributed by atoms with Gasteiger partial charge >= 0.3 is 0 Å². The predicted octanol–water partition coefficient (Wildman–Crippen LogP) is 3.28. The van der Waals surface area contributed by atoms with E-state index < -0.39 is 0 Å². The molecule has 1 aromatic rings. The molecule has 1 heterocycles. The Labute approximate surface area is 102 Å². The van der Waals surface area contributed by atoms with Crippen LogP contribution in [0.15, 0.2) is 10.6 Å². The highest BCUT2D eigenvalue weighted by molar-refractivity contribution is 5.89. The normalized spacial score (nSPS) is 17.0. The van der Waals surface area contributed by atoms with Gasteiger partial charge in [-0.15, -0.1) is 0 Å². The van der Waals surface area contributed by atoms with Gasteiger partial charge in [0.15, 0.2) is 0 Å². The van der Waals surface area contributed by atoms with E-state index in [-0.39, 0.29) is 5.91 Å². The maximum absolute atomic E-state index is 11.7. The van der Waals surface area contributed by atoms with E-state index in [0.29, 0.717) is 12.3 Å². The van der Waals surface area contributed by atoms with Gasteiger partial charge in [-0.3, -0.25) is 10.1 Å². The van der Waals surface area contributed by atoms with Crippen molar-refractivity contribution in [2.45, 2.75) is 51.9 Å². The van der Waals surface area contributed by atoms with Crippen LogP contribution in [0.1, 0.15) is 50.6 Å².